The van der Waals surface area contributed by atoms with Crippen LogP contribution in [0.15, 0.2) is 42.5 Å². The quantitative estimate of drug-likeness (QED) is 0.600. The number of hydrogen-bond acceptors (Lipinski definition) is 4. The van der Waals surface area contributed by atoms with Gasteiger partial charge in [0.15, 0.2) is 11.5 Å². The molecule has 0 radical (unpaired) electrons. The van der Waals surface area contributed by atoms with E-state index < -0.39 is 0 Å². The van der Waals surface area contributed by atoms with Crippen molar-refractivity contribution in [2.75, 3.05) is 19.8 Å². The van der Waals surface area contributed by atoms with Crippen molar-refractivity contribution >= 4 is 17.5 Å². The Bertz CT molecular complexity index is 1080. The van der Waals surface area contributed by atoms with Crippen LogP contribution in [-0.4, -0.2) is 40.3 Å². The van der Waals surface area contributed by atoms with Crippen LogP contribution in [0.3, 0.4) is 0 Å². The third kappa shape index (κ3) is 3.75. The van der Waals surface area contributed by atoms with E-state index in [-0.39, 0.29) is 5.91 Å². The lowest BCUT2D eigenvalue weighted by atomic mass is 10.1. The summed E-state index contributed by atoms with van der Waals surface area (Å²) >= 11 is 6.25. The number of para-hydroxylation sites is 1. The Hall–Kier alpha value is -2.99. The number of carbonyl (C=O) groups is 1. The van der Waals surface area contributed by atoms with Crippen molar-refractivity contribution in [3.8, 4) is 17.2 Å². The number of amides is 1. The largest absolute Gasteiger partial charge is 0.486 e. The Balaban J connectivity index is 1.55. The van der Waals surface area contributed by atoms with Gasteiger partial charge in [0.05, 0.1) is 22.1 Å². The van der Waals surface area contributed by atoms with Crippen molar-refractivity contribution in [2.45, 2.75) is 27.3 Å². The summed E-state index contributed by atoms with van der Waals surface area (Å²) in [6.07, 6.45) is 0. The van der Waals surface area contributed by atoms with Crippen molar-refractivity contribution in [1.82, 2.24) is 14.7 Å². The number of aryl methyl sites for hydroxylation is 1. The maximum absolute atomic E-state index is 13.1. The van der Waals surface area contributed by atoms with E-state index in [1.54, 1.807) is 9.58 Å². The van der Waals surface area contributed by atoms with E-state index in [1.165, 1.54) is 0 Å². The average molecular weight is 426 g/mol. The number of benzene rings is 2. The molecule has 6 nitrogen and oxygen atoms in total. The Morgan fingerprint density at radius 2 is 1.87 bits per heavy atom. The summed E-state index contributed by atoms with van der Waals surface area (Å²) in [7, 11) is 0. The minimum absolute atomic E-state index is 0.0372. The monoisotopic (exact) mass is 425 g/mol. The maximum atomic E-state index is 13.1. The highest BCUT2D eigenvalue weighted by atomic mass is 35.5. The van der Waals surface area contributed by atoms with Gasteiger partial charge in [0, 0.05) is 24.2 Å². The Kier molecular flexibility index (Phi) is 5.68. The Morgan fingerprint density at radius 3 is 2.53 bits per heavy atom. The van der Waals surface area contributed by atoms with Gasteiger partial charge in [0.2, 0.25) is 0 Å². The van der Waals surface area contributed by atoms with Gasteiger partial charge in [-0.15, -0.1) is 0 Å². The van der Waals surface area contributed by atoms with Gasteiger partial charge in [-0.2, -0.15) is 5.10 Å². The lowest BCUT2D eigenvalue weighted by Crippen LogP contribution is -2.31. The molecular weight excluding hydrogens is 402 g/mol. The van der Waals surface area contributed by atoms with Gasteiger partial charge in [0.1, 0.15) is 13.2 Å². The Labute approximate surface area is 181 Å². The molecule has 0 aliphatic carbocycles. The van der Waals surface area contributed by atoms with E-state index in [4.69, 9.17) is 21.1 Å². The van der Waals surface area contributed by atoms with Crippen LogP contribution in [0.25, 0.3) is 5.69 Å². The molecule has 0 unspecified atom stereocenters. The van der Waals surface area contributed by atoms with Gasteiger partial charge in [0.25, 0.3) is 5.91 Å². The van der Waals surface area contributed by atoms with E-state index >= 15 is 0 Å². The zero-order valence-electron chi connectivity index (χ0n) is 17.3. The molecule has 0 spiro atoms. The first-order chi connectivity index (χ1) is 14.5. The second-order valence-corrected chi connectivity index (χ2v) is 7.58. The number of hydrogen-bond donors (Lipinski definition) is 0. The van der Waals surface area contributed by atoms with Crippen molar-refractivity contribution in [3.63, 3.8) is 0 Å². The first-order valence-electron chi connectivity index (χ1n) is 9.98. The molecule has 0 N–H and O–H groups in total. The van der Waals surface area contributed by atoms with E-state index in [2.05, 4.69) is 5.10 Å². The molecule has 1 aliphatic rings. The van der Waals surface area contributed by atoms with Crippen LogP contribution in [0.4, 0.5) is 0 Å². The SMILES string of the molecule is CCN(Cc1cccc2c1OCCO2)C(=O)c1ccc(-n2nc(C)c(Cl)c2C)cc1. The van der Waals surface area contributed by atoms with Crippen molar-refractivity contribution in [1.29, 1.82) is 0 Å². The lowest BCUT2D eigenvalue weighted by molar-refractivity contribution is 0.0749. The standard InChI is InChI=1S/C23H24ClN3O3/c1-4-26(14-18-6-5-7-20-22(18)30-13-12-29-20)23(28)17-8-10-19(11-9-17)27-16(3)21(24)15(2)25-27/h5-11H,4,12-14H2,1-3H3. The predicted molar refractivity (Wildman–Crippen MR) is 116 cm³/mol. The van der Waals surface area contributed by atoms with Gasteiger partial charge in [-0.25, -0.2) is 4.68 Å². The third-order valence-corrected chi connectivity index (χ3v) is 5.79. The topological polar surface area (TPSA) is 56.6 Å². The predicted octanol–water partition coefficient (Wildman–Crippen LogP) is 4.58. The second kappa shape index (κ2) is 8.40. The van der Waals surface area contributed by atoms with Gasteiger partial charge >= 0.3 is 0 Å². The first-order valence-corrected chi connectivity index (χ1v) is 10.4. The number of aromatic nitrogens is 2. The minimum Gasteiger partial charge on any atom is -0.486 e. The molecule has 4 rings (SSSR count). The molecule has 0 saturated carbocycles. The summed E-state index contributed by atoms with van der Waals surface area (Å²) in [5.74, 6) is 1.42. The van der Waals surface area contributed by atoms with Crippen LogP contribution in [0, 0.1) is 13.8 Å². The fraction of sp³-hybridized carbons (Fsp3) is 0.304. The molecule has 2 aromatic carbocycles. The number of rotatable bonds is 5. The molecule has 0 fully saturated rings. The van der Waals surface area contributed by atoms with Crippen molar-refractivity contribution in [3.05, 3.63) is 70.0 Å². The molecule has 1 aromatic heterocycles. The van der Waals surface area contributed by atoms with Crippen LogP contribution < -0.4 is 9.47 Å². The van der Waals surface area contributed by atoms with Gasteiger partial charge in [-0.05, 0) is 51.1 Å². The first kappa shape index (κ1) is 20.3. The molecule has 2 heterocycles. The minimum atomic E-state index is -0.0372. The summed E-state index contributed by atoms with van der Waals surface area (Å²) < 4.78 is 13.2. The summed E-state index contributed by atoms with van der Waals surface area (Å²) in [6.45, 7) is 7.86. The van der Waals surface area contributed by atoms with Crippen LogP contribution in [0.1, 0.15) is 34.2 Å². The fourth-order valence-corrected chi connectivity index (χ4v) is 3.71. The van der Waals surface area contributed by atoms with Crippen LogP contribution in [-0.2, 0) is 6.54 Å². The smallest absolute Gasteiger partial charge is 0.254 e. The fourth-order valence-electron chi connectivity index (χ4n) is 3.59. The zero-order valence-corrected chi connectivity index (χ0v) is 18.1. The summed E-state index contributed by atoms with van der Waals surface area (Å²) in [4.78, 5) is 14.9. The molecular formula is C23H24ClN3O3. The highest BCUT2D eigenvalue weighted by Gasteiger charge is 2.21. The molecule has 3 aromatic rings. The average Bonchev–Trinajstić information content (AvgIpc) is 3.04. The normalized spacial score (nSPS) is 12.7. The second-order valence-electron chi connectivity index (χ2n) is 7.20. The highest BCUT2D eigenvalue weighted by molar-refractivity contribution is 6.31. The number of nitrogens with zero attached hydrogens (tertiary/aromatic N) is 3. The molecule has 0 saturated heterocycles. The van der Waals surface area contributed by atoms with E-state index in [0.29, 0.717) is 36.9 Å². The number of fused-ring (bicyclic) bond motifs is 1. The van der Waals surface area contributed by atoms with E-state index in [0.717, 1.165) is 34.1 Å². The molecule has 1 aliphatic heterocycles. The molecule has 1 amide bonds. The van der Waals surface area contributed by atoms with Crippen molar-refractivity contribution in [2.24, 2.45) is 0 Å². The van der Waals surface area contributed by atoms with Crippen LogP contribution in [0.5, 0.6) is 11.5 Å². The lowest BCUT2D eigenvalue weighted by Gasteiger charge is -2.25. The van der Waals surface area contributed by atoms with Gasteiger partial charge in [-0.1, -0.05) is 23.7 Å². The Morgan fingerprint density at radius 1 is 1.13 bits per heavy atom. The van der Waals surface area contributed by atoms with Crippen LogP contribution in [0.2, 0.25) is 5.02 Å². The van der Waals surface area contributed by atoms with E-state index in [1.807, 2.05) is 63.2 Å². The van der Waals surface area contributed by atoms with Gasteiger partial charge < -0.3 is 14.4 Å². The van der Waals surface area contributed by atoms with Crippen LogP contribution >= 0.6 is 11.6 Å². The zero-order chi connectivity index (χ0) is 21.3. The maximum Gasteiger partial charge on any atom is 0.254 e. The summed E-state index contributed by atoms with van der Waals surface area (Å²) in [5, 5.41) is 5.12. The molecule has 0 atom stereocenters. The van der Waals surface area contributed by atoms with Crippen molar-refractivity contribution < 1.29 is 14.3 Å². The van der Waals surface area contributed by atoms with E-state index in [9.17, 15) is 4.79 Å². The highest BCUT2D eigenvalue weighted by Crippen LogP contribution is 2.34. The summed E-state index contributed by atoms with van der Waals surface area (Å²) in [5.41, 5.74) is 4.08. The molecule has 30 heavy (non-hydrogen) atoms. The number of carbonyl (C=O) groups excluding carboxylic acids is 1. The summed E-state index contributed by atoms with van der Waals surface area (Å²) in [6, 6.07) is 13.2. The molecule has 156 valence electrons. The number of ether oxygens (including phenoxy) is 2. The number of halogens is 1. The van der Waals surface area contributed by atoms with Gasteiger partial charge in [-0.3, -0.25) is 4.79 Å². The molecule has 0 bridgehead atoms. The third-order valence-electron chi connectivity index (χ3n) is 5.24. The molecule has 7 heteroatoms.